The van der Waals surface area contributed by atoms with Gasteiger partial charge in [-0.25, -0.2) is 4.79 Å². The number of benzene rings is 1. The highest BCUT2D eigenvalue weighted by Crippen LogP contribution is 2.27. The second kappa shape index (κ2) is 5.12. The summed E-state index contributed by atoms with van der Waals surface area (Å²) >= 11 is 11.8. The smallest absolute Gasteiger partial charge is 0.408 e. The Bertz CT molecular complexity index is 588. The third-order valence-electron chi connectivity index (χ3n) is 2.44. The summed E-state index contributed by atoms with van der Waals surface area (Å²) in [6, 6.07) is 3.18. The summed E-state index contributed by atoms with van der Waals surface area (Å²) < 4.78 is 11.6. The van der Waals surface area contributed by atoms with Crippen molar-refractivity contribution < 1.29 is 9.15 Å². The molecule has 0 spiro atoms. The van der Waals surface area contributed by atoms with Crippen molar-refractivity contribution in [2.24, 2.45) is 0 Å². The van der Waals surface area contributed by atoms with E-state index in [0.717, 1.165) is 6.42 Å². The number of halogens is 2. The molecule has 0 aliphatic rings. The van der Waals surface area contributed by atoms with E-state index in [9.17, 15) is 4.79 Å². The minimum atomic E-state index is -0.408. The van der Waals surface area contributed by atoms with Gasteiger partial charge in [-0.2, -0.15) is 0 Å². The molecule has 2 aromatic rings. The standard InChI is InChI=1S/C11H11Cl2NO3/c1-16-4-2-3-14-9-5-7(12)8(13)6-10(9)17-11(14)15/h5-6H,2-4H2,1H3. The number of nitrogens with zero attached hydrogens (tertiary/aromatic N) is 1. The third kappa shape index (κ3) is 2.49. The average Bonchev–Trinajstić information content (AvgIpc) is 2.57. The summed E-state index contributed by atoms with van der Waals surface area (Å²) in [4.78, 5) is 11.6. The van der Waals surface area contributed by atoms with E-state index >= 15 is 0 Å². The van der Waals surface area contributed by atoms with Gasteiger partial charge >= 0.3 is 5.76 Å². The molecule has 6 heteroatoms. The van der Waals surface area contributed by atoms with E-state index in [1.165, 1.54) is 4.57 Å². The third-order valence-corrected chi connectivity index (χ3v) is 3.16. The van der Waals surface area contributed by atoms with Gasteiger partial charge in [-0.15, -0.1) is 0 Å². The Hall–Kier alpha value is -0.970. The lowest BCUT2D eigenvalue weighted by molar-refractivity contribution is 0.190. The number of ether oxygens (including phenoxy) is 1. The average molecular weight is 276 g/mol. The first-order chi connectivity index (χ1) is 8.13. The summed E-state index contributed by atoms with van der Waals surface area (Å²) in [7, 11) is 1.62. The zero-order chi connectivity index (χ0) is 12.4. The molecule has 0 fully saturated rings. The molecule has 2 rings (SSSR count). The lowest BCUT2D eigenvalue weighted by Gasteiger charge is -2.02. The van der Waals surface area contributed by atoms with Gasteiger partial charge in [-0.3, -0.25) is 4.57 Å². The maximum absolute atomic E-state index is 11.6. The molecule has 1 aromatic heterocycles. The second-order valence-electron chi connectivity index (χ2n) is 3.60. The first kappa shape index (κ1) is 12.5. The maximum atomic E-state index is 11.6. The number of fused-ring (bicyclic) bond motifs is 1. The van der Waals surface area contributed by atoms with Gasteiger partial charge in [0.25, 0.3) is 0 Å². The fourth-order valence-corrected chi connectivity index (χ4v) is 1.95. The number of rotatable bonds is 4. The molecule has 0 saturated heterocycles. The lowest BCUT2D eigenvalue weighted by Crippen LogP contribution is -2.15. The normalized spacial score (nSPS) is 11.2. The predicted octanol–water partition coefficient (Wildman–Crippen LogP) is 2.94. The van der Waals surface area contributed by atoms with Crippen molar-refractivity contribution in [3.63, 3.8) is 0 Å². The molecule has 0 aliphatic heterocycles. The van der Waals surface area contributed by atoms with E-state index in [1.54, 1.807) is 19.2 Å². The van der Waals surface area contributed by atoms with E-state index in [4.69, 9.17) is 32.4 Å². The molecule has 0 aliphatic carbocycles. The van der Waals surface area contributed by atoms with Crippen LogP contribution in [0.4, 0.5) is 0 Å². The number of hydrogen-bond acceptors (Lipinski definition) is 3. The van der Waals surface area contributed by atoms with E-state index in [2.05, 4.69) is 0 Å². The molecule has 1 heterocycles. The maximum Gasteiger partial charge on any atom is 0.419 e. The van der Waals surface area contributed by atoms with E-state index in [1.807, 2.05) is 0 Å². The fraction of sp³-hybridized carbons (Fsp3) is 0.364. The van der Waals surface area contributed by atoms with Gasteiger partial charge in [-0.1, -0.05) is 23.2 Å². The molecule has 4 nitrogen and oxygen atoms in total. The first-order valence-electron chi connectivity index (χ1n) is 5.11. The van der Waals surface area contributed by atoms with Crippen molar-refractivity contribution in [3.05, 3.63) is 32.7 Å². The van der Waals surface area contributed by atoms with Crippen molar-refractivity contribution >= 4 is 34.3 Å². The zero-order valence-electron chi connectivity index (χ0n) is 9.20. The van der Waals surface area contributed by atoms with Gasteiger partial charge in [-0.05, 0) is 12.5 Å². The number of aryl methyl sites for hydroxylation is 1. The predicted molar refractivity (Wildman–Crippen MR) is 67.0 cm³/mol. The van der Waals surface area contributed by atoms with Crippen LogP contribution in [0.25, 0.3) is 11.1 Å². The van der Waals surface area contributed by atoms with Gasteiger partial charge in [0, 0.05) is 26.3 Å². The van der Waals surface area contributed by atoms with E-state index in [0.29, 0.717) is 34.3 Å². The molecule has 0 saturated carbocycles. The highest BCUT2D eigenvalue weighted by molar-refractivity contribution is 6.42. The summed E-state index contributed by atoms with van der Waals surface area (Å²) in [5, 5.41) is 0.775. The van der Waals surface area contributed by atoms with Crippen LogP contribution >= 0.6 is 23.2 Å². The first-order valence-corrected chi connectivity index (χ1v) is 5.86. The second-order valence-corrected chi connectivity index (χ2v) is 4.41. The van der Waals surface area contributed by atoms with Crippen LogP contribution in [0.5, 0.6) is 0 Å². The van der Waals surface area contributed by atoms with Crippen LogP contribution in [0, 0.1) is 0 Å². The summed E-state index contributed by atoms with van der Waals surface area (Å²) in [5.74, 6) is -0.408. The van der Waals surface area contributed by atoms with E-state index < -0.39 is 5.76 Å². The van der Waals surface area contributed by atoms with Gasteiger partial charge in [0.1, 0.15) is 0 Å². The lowest BCUT2D eigenvalue weighted by atomic mass is 10.3. The molecule has 92 valence electrons. The summed E-state index contributed by atoms with van der Waals surface area (Å²) in [5.41, 5.74) is 1.10. The molecule has 0 bridgehead atoms. The van der Waals surface area contributed by atoms with Crippen molar-refractivity contribution in [1.82, 2.24) is 4.57 Å². The number of oxazole rings is 1. The van der Waals surface area contributed by atoms with Crippen molar-refractivity contribution in [3.8, 4) is 0 Å². The summed E-state index contributed by atoms with van der Waals surface area (Å²) in [6.07, 6.45) is 0.727. The van der Waals surface area contributed by atoms with Crippen LogP contribution in [0.15, 0.2) is 21.3 Å². The van der Waals surface area contributed by atoms with Crippen LogP contribution in [-0.4, -0.2) is 18.3 Å². The molecule has 0 atom stereocenters. The Kier molecular flexibility index (Phi) is 3.76. The highest BCUT2D eigenvalue weighted by atomic mass is 35.5. The topological polar surface area (TPSA) is 44.4 Å². The largest absolute Gasteiger partial charge is 0.419 e. The minimum absolute atomic E-state index is 0.372. The van der Waals surface area contributed by atoms with Crippen molar-refractivity contribution in [2.45, 2.75) is 13.0 Å². The molecule has 1 aromatic carbocycles. The van der Waals surface area contributed by atoms with Crippen LogP contribution < -0.4 is 5.76 Å². The van der Waals surface area contributed by atoms with Crippen LogP contribution in [-0.2, 0) is 11.3 Å². The molecular formula is C11H11Cl2NO3. The molecule has 17 heavy (non-hydrogen) atoms. The van der Waals surface area contributed by atoms with E-state index in [-0.39, 0.29) is 0 Å². The van der Waals surface area contributed by atoms with Crippen LogP contribution in [0.1, 0.15) is 6.42 Å². The number of methoxy groups -OCH3 is 1. The van der Waals surface area contributed by atoms with Crippen molar-refractivity contribution in [1.29, 1.82) is 0 Å². The highest BCUT2D eigenvalue weighted by Gasteiger charge is 2.11. The van der Waals surface area contributed by atoms with Gasteiger partial charge in [0.05, 0.1) is 15.6 Å². The number of aromatic nitrogens is 1. The monoisotopic (exact) mass is 275 g/mol. The van der Waals surface area contributed by atoms with Crippen molar-refractivity contribution in [2.75, 3.05) is 13.7 Å². The Balaban J connectivity index is 2.44. The molecule has 0 radical (unpaired) electrons. The van der Waals surface area contributed by atoms with Gasteiger partial charge < -0.3 is 9.15 Å². The molecule has 0 unspecified atom stereocenters. The SMILES string of the molecule is COCCCn1c(=O)oc2cc(Cl)c(Cl)cc21. The van der Waals surface area contributed by atoms with Crippen LogP contribution in [0.3, 0.4) is 0 Å². The Morgan fingerprint density at radius 3 is 2.76 bits per heavy atom. The molecular weight excluding hydrogens is 265 g/mol. The minimum Gasteiger partial charge on any atom is -0.408 e. The molecule has 0 N–H and O–H groups in total. The molecule has 0 amide bonds. The summed E-state index contributed by atoms with van der Waals surface area (Å²) in [6.45, 7) is 1.11. The quantitative estimate of drug-likeness (QED) is 0.806. The van der Waals surface area contributed by atoms with Gasteiger partial charge in [0.2, 0.25) is 0 Å². The Labute approximate surface area is 108 Å². The Morgan fingerprint density at radius 2 is 2.06 bits per heavy atom. The van der Waals surface area contributed by atoms with Gasteiger partial charge in [0.15, 0.2) is 5.58 Å². The number of hydrogen-bond donors (Lipinski definition) is 0. The fourth-order valence-electron chi connectivity index (χ4n) is 1.64. The van der Waals surface area contributed by atoms with Crippen LogP contribution in [0.2, 0.25) is 10.0 Å². The Morgan fingerprint density at radius 1 is 1.35 bits per heavy atom. The zero-order valence-corrected chi connectivity index (χ0v) is 10.7.